The summed E-state index contributed by atoms with van der Waals surface area (Å²) in [5.41, 5.74) is 2.78. The summed E-state index contributed by atoms with van der Waals surface area (Å²) < 4.78 is 12.6. The molecule has 0 aliphatic carbocycles. The number of methoxy groups -OCH3 is 1. The van der Waals surface area contributed by atoms with E-state index in [0.29, 0.717) is 35.8 Å². The Balaban J connectivity index is 1.53. The van der Waals surface area contributed by atoms with E-state index in [1.807, 2.05) is 25.1 Å². The minimum absolute atomic E-state index is 0.124. The molecule has 4 rings (SSSR count). The Morgan fingerprint density at radius 2 is 2.10 bits per heavy atom. The van der Waals surface area contributed by atoms with E-state index < -0.39 is 5.91 Å². The van der Waals surface area contributed by atoms with Gasteiger partial charge in [-0.25, -0.2) is 0 Å². The molecular weight excluding hydrogens is 396 g/mol. The molecule has 2 aromatic heterocycles. The SMILES string of the molecule is COc1cccc2c1OCC(NC(=O)c1c(C)ccn(Cc3cnc(C)cn3)c1=O)C2. The number of nitrogens with zero attached hydrogens (tertiary/aromatic N) is 3. The van der Waals surface area contributed by atoms with Gasteiger partial charge in [0.25, 0.3) is 11.5 Å². The number of hydrogen-bond donors (Lipinski definition) is 1. The molecule has 3 aromatic rings. The fourth-order valence-electron chi connectivity index (χ4n) is 3.65. The molecule has 1 aliphatic heterocycles. The fourth-order valence-corrected chi connectivity index (χ4v) is 3.65. The molecule has 0 saturated heterocycles. The number of ether oxygens (including phenoxy) is 2. The maximum atomic E-state index is 13.0. The summed E-state index contributed by atoms with van der Waals surface area (Å²) in [6, 6.07) is 7.18. The Hall–Kier alpha value is -3.68. The van der Waals surface area contributed by atoms with Gasteiger partial charge in [-0.15, -0.1) is 0 Å². The monoisotopic (exact) mass is 420 g/mol. The minimum Gasteiger partial charge on any atom is -0.493 e. The van der Waals surface area contributed by atoms with Gasteiger partial charge < -0.3 is 19.4 Å². The van der Waals surface area contributed by atoms with Crippen LogP contribution in [0.5, 0.6) is 11.5 Å². The molecular formula is C23H24N4O4. The molecule has 0 fully saturated rings. The van der Waals surface area contributed by atoms with Crippen LogP contribution in [0.15, 0.2) is 47.7 Å². The standard InChI is InChI=1S/C23H24N4O4/c1-14-7-8-27(12-18-11-24-15(2)10-25-18)23(29)20(14)22(28)26-17-9-16-5-4-6-19(30-3)21(16)31-13-17/h4-8,10-11,17H,9,12-13H2,1-3H3,(H,26,28). The number of hydrogen-bond acceptors (Lipinski definition) is 6. The van der Waals surface area contributed by atoms with Crippen molar-refractivity contribution in [2.24, 2.45) is 0 Å². The first-order valence-corrected chi connectivity index (χ1v) is 10.0. The second kappa shape index (κ2) is 8.59. The number of carbonyl (C=O) groups excluding carboxylic acids is 1. The minimum atomic E-state index is -0.410. The van der Waals surface area contributed by atoms with Crippen molar-refractivity contribution in [2.45, 2.75) is 32.9 Å². The predicted molar refractivity (Wildman–Crippen MR) is 115 cm³/mol. The highest BCUT2D eigenvalue weighted by molar-refractivity contribution is 5.95. The molecule has 1 amide bonds. The third-order valence-corrected chi connectivity index (χ3v) is 5.28. The molecule has 31 heavy (non-hydrogen) atoms. The number of aromatic nitrogens is 3. The van der Waals surface area contributed by atoms with E-state index in [1.165, 1.54) is 4.57 Å². The number of benzene rings is 1. The van der Waals surface area contributed by atoms with Crippen LogP contribution in [-0.4, -0.2) is 40.2 Å². The van der Waals surface area contributed by atoms with Gasteiger partial charge in [-0.2, -0.15) is 0 Å². The van der Waals surface area contributed by atoms with Crippen molar-refractivity contribution in [3.8, 4) is 11.5 Å². The number of nitrogens with one attached hydrogen (secondary N) is 1. The van der Waals surface area contributed by atoms with E-state index in [4.69, 9.17) is 9.47 Å². The number of pyridine rings is 1. The first-order chi connectivity index (χ1) is 15.0. The quantitative estimate of drug-likeness (QED) is 0.679. The molecule has 8 nitrogen and oxygen atoms in total. The molecule has 160 valence electrons. The number of fused-ring (bicyclic) bond motifs is 1. The van der Waals surface area contributed by atoms with Crippen LogP contribution in [0.2, 0.25) is 0 Å². The highest BCUT2D eigenvalue weighted by Gasteiger charge is 2.26. The molecule has 1 unspecified atom stereocenters. The zero-order valence-corrected chi connectivity index (χ0v) is 17.7. The highest BCUT2D eigenvalue weighted by atomic mass is 16.5. The summed E-state index contributed by atoms with van der Waals surface area (Å²) in [5.74, 6) is 0.961. The zero-order valence-electron chi connectivity index (χ0n) is 17.7. The topological polar surface area (TPSA) is 95.3 Å². The van der Waals surface area contributed by atoms with Gasteiger partial charge in [0.05, 0.1) is 37.3 Å². The number of amides is 1. The van der Waals surface area contributed by atoms with Crippen molar-refractivity contribution in [2.75, 3.05) is 13.7 Å². The molecule has 8 heteroatoms. The number of carbonyl (C=O) groups is 1. The second-order valence-electron chi connectivity index (χ2n) is 7.59. The molecule has 0 spiro atoms. The van der Waals surface area contributed by atoms with E-state index in [2.05, 4.69) is 15.3 Å². The van der Waals surface area contributed by atoms with E-state index in [0.717, 1.165) is 11.3 Å². The van der Waals surface area contributed by atoms with Gasteiger partial charge in [0.2, 0.25) is 0 Å². The van der Waals surface area contributed by atoms with Crippen LogP contribution in [0, 0.1) is 13.8 Å². The largest absolute Gasteiger partial charge is 0.493 e. The van der Waals surface area contributed by atoms with E-state index in [1.54, 1.807) is 38.7 Å². The lowest BCUT2D eigenvalue weighted by molar-refractivity contribution is 0.0911. The van der Waals surface area contributed by atoms with Crippen LogP contribution in [0.4, 0.5) is 0 Å². The molecule has 1 aliphatic rings. The van der Waals surface area contributed by atoms with Crippen LogP contribution >= 0.6 is 0 Å². The molecule has 3 heterocycles. The molecule has 1 atom stereocenters. The third kappa shape index (κ3) is 4.28. The maximum Gasteiger partial charge on any atom is 0.264 e. The normalized spacial score (nSPS) is 15.0. The first kappa shape index (κ1) is 20.6. The van der Waals surface area contributed by atoms with Gasteiger partial charge in [-0.1, -0.05) is 12.1 Å². The lowest BCUT2D eigenvalue weighted by Crippen LogP contribution is -2.45. The Bertz CT molecular complexity index is 1170. The van der Waals surface area contributed by atoms with Crippen LogP contribution in [-0.2, 0) is 13.0 Å². The smallest absolute Gasteiger partial charge is 0.264 e. The molecule has 1 N–H and O–H groups in total. The molecule has 1 aromatic carbocycles. The van der Waals surface area contributed by atoms with Crippen LogP contribution in [0.3, 0.4) is 0 Å². The number of aryl methyl sites for hydroxylation is 2. The third-order valence-electron chi connectivity index (χ3n) is 5.28. The number of rotatable bonds is 5. The summed E-state index contributed by atoms with van der Waals surface area (Å²) in [4.78, 5) is 34.5. The van der Waals surface area contributed by atoms with Crippen molar-refractivity contribution in [3.05, 3.63) is 81.3 Å². The fraction of sp³-hybridized carbons (Fsp3) is 0.304. The second-order valence-corrected chi connectivity index (χ2v) is 7.59. The summed E-state index contributed by atoms with van der Waals surface area (Å²) in [7, 11) is 1.60. The van der Waals surface area contributed by atoms with Crippen molar-refractivity contribution in [1.82, 2.24) is 19.9 Å². The van der Waals surface area contributed by atoms with Gasteiger partial charge in [-0.05, 0) is 38.0 Å². The Morgan fingerprint density at radius 3 is 2.84 bits per heavy atom. The maximum absolute atomic E-state index is 13.0. The van der Waals surface area contributed by atoms with Crippen molar-refractivity contribution in [1.29, 1.82) is 0 Å². The van der Waals surface area contributed by atoms with Crippen molar-refractivity contribution >= 4 is 5.91 Å². The zero-order chi connectivity index (χ0) is 22.0. The summed E-state index contributed by atoms with van der Waals surface area (Å²) >= 11 is 0. The summed E-state index contributed by atoms with van der Waals surface area (Å²) in [6.45, 7) is 4.15. The van der Waals surface area contributed by atoms with E-state index in [-0.39, 0.29) is 23.7 Å². The van der Waals surface area contributed by atoms with Crippen LogP contribution < -0.4 is 20.3 Å². The summed E-state index contributed by atoms with van der Waals surface area (Å²) in [5, 5.41) is 2.95. The van der Waals surface area contributed by atoms with Gasteiger partial charge in [0, 0.05) is 18.0 Å². The Kier molecular flexibility index (Phi) is 5.70. The molecule has 0 saturated carbocycles. The lowest BCUT2D eigenvalue weighted by Gasteiger charge is -2.27. The number of para-hydroxylation sites is 1. The van der Waals surface area contributed by atoms with Crippen molar-refractivity contribution in [3.63, 3.8) is 0 Å². The Labute approximate surface area is 179 Å². The average Bonchev–Trinajstić information content (AvgIpc) is 2.76. The van der Waals surface area contributed by atoms with E-state index in [9.17, 15) is 9.59 Å². The average molecular weight is 420 g/mol. The van der Waals surface area contributed by atoms with E-state index >= 15 is 0 Å². The van der Waals surface area contributed by atoms with Gasteiger partial charge in [0.1, 0.15) is 12.2 Å². The van der Waals surface area contributed by atoms with Gasteiger partial charge in [0.15, 0.2) is 11.5 Å². The summed E-state index contributed by atoms with van der Waals surface area (Å²) in [6.07, 6.45) is 5.55. The van der Waals surface area contributed by atoms with Crippen LogP contribution in [0.1, 0.15) is 32.9 Å². The van der Waals surface area contributed by atoms with Crippen molar-refractivity contribution < 1.29 is 14.3 Å². The first-order valence-electron chi connectivity index (χ1n) is 10.0. The van der Waals surface area contributed by atoms with Gasteiger partial charge >= 0.3 is 0 Å². The Morgan fingerprint density at radius 1 is 1.26 bits per heavy atom. The molecule has 0 radical (unpaired) electrons. The lowest BCUT2D eigenvalue weighted by atomic mass is 10.0. The van der Waals surface area contributed by atoms with Crippen LogP contribution in [0.25, 0.3) is 0 Å². The van der Waals surface area contributed by atoms with Gasteiger partial charge in [-0.3, -0.25) is 19.6 Å². The predicted octanol–water partition coefficient (Wildman–Crippen LogP) is 2.05. The highest BCUT2D eigenvalue weighted by Crippen LogP contribution is 2.34. The molecule has 0 bridgehead atoms.